The van der Waals surface area contributed by atoms with E-state index in [1.807, 2.05) is 34.6 Å². The molecule has 1 saturated heterocycles. The summed E-state index contributed by atoms with van der Waals surface area (Å²) in [4.78, 5) is 11.2. The number of carbonyl (C=O) groups is 1. The molecule has 6 heteroatoms. The Balaban J connectivity index is 2.52. The summed E-state index contributed by atoms with van der Waals surface area (Å²) >= 11 is 0. The van der Waals surface area contributed by atoms with Crippen LogP contribution in [0.3, 0.4) is 0 Å². The molecule has 0 unspecified atom stereocenters. The Morgan fingerprint density at radius 1 is 1.18 bits per heavy atom. The third-order valence-corrected chi connectivity index (χ3v) is 4.26. The third kappa shape index (κ3) is 2.85. The van der Waals surface area contributed by atoms with Gasteiger partial charge in [0.15, 0.2) is 11.5 Å². The van der Waals surface area contributed by atoms with Crippen molar-refractivity contribution in [2.24, 2.45) is 0 Å². The second-order valence-corrected chi connectivity index (χ2v) is 6.28. The number of hydrogen-bond acceptors (Lipinski definition) is 5. The van der Waals surface area contributed by atoms with Crippen LogP contribution in [0.25, 0.3) is 0 Å². The van der Waals surface area contributed by atoms with Crippen LogP contribution >= 0.6 is 0 Å². The van der Waals surface area contributed by atoms with Gasteiger partial charge in [-0.15, -0.1) is 0 Å². The van der Waals surface area contributed by atoms with Crippen LogP contribution in [0.4, 0.5) is 0 Å². The van der Waals surface area contributed by atoms with Crippen LogP contribution < -0.4 is 14.9 Å². The minimum Gasteiger partial charge on any atom is -0.493 e. The van der Waals surface area contributed by atoms with Gasteiger partial charge in [-0.25, -0.2) is 0 Å². The van der Waals surface area contributed by atoms with E-state index >= 15 is 0 Å². The van der Waals surface area contributed by atoms with Gasteiger partial charge in [-0.3, -0.25) is 4.79 Å². The number of ether oxygens (including phenoxy) is 2. The Morgan fingerprint density at radius 2 is 1.77 bits per heavy atom. The molecule has 2 rings (SSSR count). The van der Waals surface area contributed by atoms with E-state index in [-0.39, 0.29) is 0 Å². The maximum absolute atomic E-state index is 11.2. The van der Waals surface area contributed by atoms with Crippen molar-refractivity contribution in [2.75, 3.05) is 13.7 Å². The number of carbonyl (C=O) groups excluding carboxylic acids is 1. The van der Waals surface area contributed by atoms with E-state index in [2.05, 4.69) is 0 Å². The summed E-state index contributed by atoms with van der Waals surface area (Å²) in [5, 5.41) is 0. The van der Waals surface area contributed by atoms with Gasteiger partial charge in [0.2, 0.25) is 0 Å². The van der Waals surface area contributed by atoms with Crippen molar-refractivity contribution in [3.8, 4) is 11.5 Å². The standard InChI is InChI=1S/C16H23BO5/c1-7-20-14-12(8-11(10-18)9-13(14)19-6)17-21-15(2,3)16(4,5)22-17/h8-10H,7H2,1-6H3. The average molecular weight is 306 g/mol. The Labute approximate surface area is 132 Å². The van der Waals surface area contributed by atoms with Crippen molar-refractivity contribution in [2.45, 2.75) is 45.8 Å². The zero-order valence-corrected chi connectivity index (χ0v) is 14.1. The predicted molar refractivity (Wildman–Crippen MR) is 85.3 cm³/mol. The van der Waals surface area contributed by atoms with Crippen LogP contribution in [0.1, 0.15) is 45.0 Å². The van der Waals surface area contributed by atoms with Gasteiger partial charge in [-0.2, -0.15) is 0 Å². The highest BCUT2D eigenvalue weighted by Gasteiger charge is 2.52. The molecule has 0 spiro atoms. The lowest BCUT2D eigenvalue weighted by molar-refractivity contribution is 0.00578. The fourth-order valence-corrected chi connectivity index (χ4v) is 2.31. The first-order valence-electron chi connectivity index (χ1n) is 7.41. The molecule has 0 saturated carbocycles. The van der Waals surface area contributed by atoms with Crippen LogP contribution in [-0.4, -0.2) is 38.3 Å². The fraction of sp³-hybridized carbons (Fsp3) is 0.562. The van der Waals surface area contributed by atoms with Gasteiger partial charge in [0.1, 0.15) is 6.29 Å². The molecule has 0 bridgehead atoms. The molecule has 0 N–H and O–H groups in total. The smallest absolute Gasteiger partial charge is 0.493 e. The summed E-state index contributed by atoms with van der Waals surface area (Å²) in [6.07, 6.45) is 0.771. The first-order chi connectivity index (χ1) is 10.3. The number of methoxy groups -OCH3 is 1. The van der Waals surface area contributed by atoms with E-state index < -0.39 is 18.3 Å². The lowest BCUT2D eigenvalue weighted by Crippen LogP contribution is -2.41. The van der Waals surface area contributed by atoms with Crippen LogP contribution in [0, 0.1) is 0 Å². The number of rotatable bonds is 5. The summed E-state index contributed by atoms with van der Waals surface area (Å²) in [5.41, 5.74) is 0.226. The SMILES string of the molecule is CCOc1c(OC)cc(C=O)cc1B1OC(C)(C)C(C)(C)O1. The highest BCUT2D eigenvalue weighted by Crippen LogP contribution is 2.38. The first kappa shape index (κ1) is 16.8. The van der Waals surface area contributed by atoms with E-state index in [1.165, 1.54) is 0 Å². The van der Waals surface area contributed by atoms with E-state index in [9.17, 15) is 4.79 Å². The van der Waals surface area contributed by atoms with E-state index in [0.29, 0.717) is 29.1 Å². The lowest BCUT2D eigenvalue weighted by Gasteiger charge is -2.32. The maximum Gasteiger partial charge on any atom is 0.498 e. The van der Waals surface area contributed by atoms with Crippen molar-refractivity contribution in [3.05, 3.63) is 17.7 Å². The fourth-order valence-electron chi connectivity index (χ4n) is 2.31. The Kier molecular flexibility index (Phi) is 4.54. The predicted octanol–water partition coefficient (Wildman–Crippen LogP) is 2.21. The van der Waals surface area contributed by atoms with Crippen LogP contribution in [0.2, 0.25) is 0 Å². The van der Waals surface area contributed by atoms with Gasteiger partial charge in [0.05, 0.1) is 24.9 Å². The van der Waals surface area contributed by atoms with Crippen molar-refractivity contribution in [1.82, 2.24) is 0 Å². The van der Waals surface area contributed by atoms with Gasteiger partial charge in [0, 0.05) is 11.0 Å². The van der Waals surface area contributed by atoms with Gasteiger partial charge in [-0.1, -0.05) is 0 Å². The number of aldehydes is 1. The van der Waals surface area contributed by atoms with Crippen molar-refractivity contribution in [1.29, 1.82) is 0 Å². The zero-order valence-electron chi connectivity index (χ0n) is 14.1. The molecule has 1 heterocycles. The largest absolute Gasteiger partial charge is 0.498 e. The quantitative estimate of drug-likeness (QED) is 0.616. The molecule has 1 fully saturated rings. The van der Waals surface area contributed by atoms with Crippen molar-refractivity contribution >= 4 is 18.9 Å². The van der Waals surface area contributed by atoms with Crippen LogP contribution in [0.15, 0.2) is 12.1 Å². The molecule has 22 heavy (non-hydrogen) atoms. The third-order valence-electron chi connectivity index (χ3n) is 4.26. The second-order valence-electron chi connectivity index (χ2n) is 6.28. The summed E-state index contributed by atoms with van der Waals surface area (Å²) < 4.78 is 23.2. The second kappa shape index (κ2) is 5.93. The van der Waals surface area contributed by atoms with Crippen molar-refractivity contribution < 1.29 is 23.6 Å². The molecule has 1 aromatic rings. The van der Waals surface area contributed by atoms with E-state index in [1.54, 1.807) is 19.2 Å². The Hall–Kier alpha value is -1.53. The summed E-state index contributed by atoms with van der Waals surface area (Å²) in [6, 6.07) is 3.37. The normalized spacial score (nSPS) is 19.1. The average Bonchev–Trinajstić information content (AvgIpc) is 2.67. The Bertz CT molecular complexity index is 552. The van der Waals surface area contributed by atoms with Crippen molar-refractivity contribution in [3.63, 3.8) is 0 Å². The molecule has 1 aliphatic heterocycles. The molecule has 120 valence electrons. The minimum atomic E-state index is -0.611. The van der Waals surface area contributed by atoms with Gasteiger partial charge in [0.25, 0.3) is 0 Å². The molecular formula is C16H23BO5. The van der Waals surface area contributed by atoms with E-state index in [0.717, 1.165) is 6.29 Å². The molecule has 0 aromatic heterocycles. The molecule has 0 atom stereocenters. The summed E-state index contributed by atoms with van der Waals surface area (Å²) in [6.45, 7) is 10.3. The van der Waals surface area contributed by atoms with Crippen LogP contribution in [-0.2, 0) is 9.31 Å². The van der Waals surface area contributed by atoms with Gasteiger partial charge < -0.3 is 18.8 Å². The Morgan fingerprint density at radius 3 is 2.23 bits per heavy atom. The molecule has 5 nitrogen and oxygen atoms in total. The lowest BCUT2D eigenvalue weighted by atomic mass is 9.77. The molecule has 1 aromatic carbocycles. The number of hydrogen-bond donors (Lipinski definition) is 0. The highest BCUT2D eigenvalue weighted by molar-refractivity contribution is 6.63. The first-order valence-corrected chi connectivity index (χ1v) is 7.41. The van der Waals surface area contributed by atoms with Gasteiger partial charge in [-0.05, 0) is 46.8 Å². The topological polar surface area (TPSA) is 54.0 Å². The summed E-state index contributed by atoms with van der Waals surface area (Å²) in [5.74, 6) is 1.05. The molecule has 0 aliphatic carbocycles. The number of benzene rings is 1. The minimum absolute atomic E-state index is 0.467. The zero-order chi connectivity index (χ0) is 16.5. The molecular weight excluding hydrogens is 283 g/mol. The van der Waals surface area contributed by atoms with Crippen LogP contribution in [0.5, 0.6) is 11.5 Å². The molecule has 0 radical (unpaired) electrons. The maximum atomic E-state index is 11.2. The highest BCUT2D eigenvalue weighted by atomic mass is 16.7. The van der Waals surface area contributed by atoms with E-state index in [4.69, 9.17) is 18.8 Å². The van der Waals surface area contributed by atoms with Gasteiger partial charge >= 0.3 is 7.12 Å². The summed E-state index contributed by atoms with van der Waals surface area (Å²) in [7, 11) is 0.931. The molecule has 1 aliphatic rings. The monoisotopic (exact) mass is 306 g/mol. The molecule has 0 amide bonds.